The van der Waals surface area contributed by atoms with Crippen LogP contribution in [-0.2, 0) is 16.1 Å². The first-order valence-electron chi connectivity index (χ1n) is 8.86. The molecule has 1 aromatic carbocycles. The smallest absolute Gasteiger partial charge is 0.232 e. The second-order valence-electron chi connectivity index (χ2n) is 7.76. The second-order valence-corrected chi connectivity index (χ2v) is 8.58. The van der Waals surface area contributed by atoms with Crippen molar-refractivity contribution in [2.45, 2.75) is 45.3 Å². The molecule has 0 saturated heterocycles. The lowest BCUT2D eigenvalue weighted by Gasteiger charge is -2.37. The van der Waals surface area contributed by atoms with E-state index in [9.17, 15) is 9.59 Å². The Morgan fingerprint density at radius 3 is 2.56 bits per heavy atom. The van der Waals surface area contributed by atoms with Crippen LogP contribution >= 0.6 is 23.2 Å². The van der Waals surface area contributed by atoms with E-state index in [2.05, 4.69) is 9.88 Å². The maximum absolute atomic E-state index is 13.0. The van der Waals surface area contributed by atoms with Crippen LogP contribution in [-0.4, -0.2) is 33.4 Å². The Labute approximate surface area is 169 Å². The van der Waals surface area contributed by atoms with Gasteiger partial charge in [-0.1, -0.05) is 29.3 Å². The fourth-order valence-corrected chi connectivity index (χ4v) is 3.69. The summed E-state index contributed by atoms with van der Waals surface area (Å²) in [6.45, 7) is 6.88. The van der Waals surface area contributed by atoms with E-state index in [1.165, 1.54) is 0 Å². The molecule has 0 fully saturated rings. The second kappa shape index (κ2) is 7.56. The Balaban J connectivity index is 1.90. The number of benzene rings is 1. The van der Waals surface area contributed by atoms with Crippen LogP contribution in [0.1, 0.15) is 44.5 Å². The Bertz CT molecular complexity index is 870. The fourth-order valence-electron chi connectivity index (χ4n) is 3.39. The molecule has 7 heteroatoms. The molecule has 144 valence electrons. The topological polar surface area (TPSA) is 54.3 Å². The minimum absolute atomic E-state index is 0.185. The Kier molecular flexibility index (Phi) is 5.54. The van der Waals surface area contributed by atoms with Crippen LogP contribution in [0.2, 0.25) is 10.0 Å². The van der Waals surface area contributed by atoms with Crippen molar-refractivity contribution in [3.05, 3.63) is 57.8 Å². The van der Waals surface area contributed by atoms with E-state index >= 15 is 0 Å². The largest absolute Gasteiger partial charge is 0.351 e. The zero-order valence-corrected chi connectivity index (χ0v) is 17.1. The lowest BCUT2D eigenvalue weighted by Crippen LogP contribution is -2.46. The van der Waals surface area contributed by atoms with E-state index in [-0.39, 0.29) is 29.8 Å². The van der Waals surface area contributed by atoms with Gasteiger partial charge in [0, 0.05) is 30.5 Å². The molecule has 0 saturated carbocycles. The average Bonchev–Trinajstić information content (AvgIpc) is 3.03. The van der Waals surface area contributed by atoms with E-state index < -0.39 is 0 Å². The lowest BCUT2D eigenvalue weighted by molar-refractivity contribution is -0.138. The van der Waals surface area contributed by atoms with Crippen LogP contribution in [0.4, 0.5) is 0 Å². The third kappa shape index (κ3) is 4.47. The van der Waals surface area contributed by atoms with Crippen molar-refractivity contribution in [3.63, 3.8) is 0 Å². The third-order valence-electron chi connectivity index (χ3n) is 4.44. The van der Waals surface area contributed by atoms with Gasteiger partial charge >= 0.3 is 0 Å². The SMILES string of the molecule is CC(C)(C)NC(=O)CC(=O)N1CCn2cccc2[C@@H]1c1ccc(Cl)c(Cl)c1. The molecule has 2 amide bonds. The molecule has 1 aliphatic rings. The predicted molar refractivity (Wildman–Crippen MR) is 107 cm³/mol. The highest BCUT2D eigenvalue weighted by Crippen LogP contribution is 2.35. The molecule has 0 aliphatic carbocycles. The third-order valence-corrected chi connectivity index (χ3v) is 5.18. The molecule has 0 spiro atoms. The molecule has 5 nitrogen and oxygen atoms in total. The van der Waals surface area contributed by atoms with Gasteiger partial charge in [0.2, 0.25) is 11.8 Å². The minimum atomic E-state index is -0.378. The van der Waals surface area contributed by atoms with Crippen molar-refractivity contribution in [1.29, 1.82) is 0 Å². The Hall–Kier alpha value is -1.98. The molecule has 1 N–H and O–H groups in total. The first kappa shape index (κ1) is 19.8. The summed E-state index contributed by atoms with van der Waals surface area (Å²) in [4.78, 5) is 27.0. The molecule has 0 bridgehead atoms. The summed E-state index contributed by atoms with van der Waals surface area (Å²) in [6.07, 6.45) is 1.81. The molecule has 0 unspecified atom stereocenters. The number of hydrogen-bond donors (Lipinski definition) is 1. The number of nitrogens with zero attached hydrogens (tertiary/aromatic N) is 2. The highest BCUT2D eigenvalue weighted by atomic mass is 35.5. The quantitative estimate of drug-likeness (QED) is 0.780. The highest BCUT2D eigenvalue weighted by Gasteiger charge is 2.33. The fraction of sp³-hybridized carbons (Fsp3) is 0.400. The maximum Gasteiger partial charge on any atom is 0.232 e. The van der Waals surface area contributed by atoms with Crippen LogP contribution in [0.3, 0.4) is 0 Å². The minimum Gasteiger partial charge on any atom is -0.351 e. The van der Waals surface area contributed by atoms with E-state index in [1.54, 1.807) is 17.0 Å². The number of nitrogens with one attached hydrogen (secondary N) is 1. The summed E-state index contributed by atoms with van der Waals surface area (Å²) in [5.74, 6) is -0.485. The van der Waals surface area contributed by atoms with Gasteiger partial charge in [-0.2, -0.15) is 0 Å². The standard InChI is InChI=1S/C20H23Cl2N3O2/c1-20(2,3)23-17(26)12-18(27)25-10-9-24-8-4-5-16(24)19(25)13-6-7-14(21)15(22)11-13/h4-8,11,19H,9-10,12H2,1-3H3,(H,23,26)/t19-/m0/s1. The van der Waals surface area contributed by atoms with Crippen molar-refractivity contribution in [2.75, 3.05) is 6.54 Å². The summed E-state index contributed by atoms with van der Waals surface area (Å²) in [5, 5.41) is 3.75. The van der Waals surface area contributed by atoms with Gasteiger partial charge in [-0.05, 0) is 50.6 Å². The van der Waals surface area contributed by atoms with Crippen molar-refractivity contribution in [3.8, 4) is 0 Å². The molecule has 1 atom stereocenters. The van der Waals surface area contributed by atoms with Gasteiger partial charge in [-0.25, -0.2) is 0 Å². The van der Waals surface area contributed by atoms with Crippen LogP contribution < -0.4 is 5.32 Å². The van der Waals surface area contributed by atoms with Crippen LogP contribution in [0.15, 0.2) is 36.5 Å². The molecule has 0 radical (unpaired) electrons. The first-order valence-corrected chi connectivity index (χ1v) is 9.62. The van der Waals surface area contributed by atoms with Gasteiger partial charge in [-0.3, -0.25) is 9.59 Å². The average molecular weight is 408 g/mol. The summed E-state index contributed by atoms with van der Waals surface area (Å²) in [7, 11) is 0. The monoisotopic (exact) mass is 407 g/mol. The van der Waals surface area contributed by atoms with E-state index in [4.69, 9.17) is 23.2 Å². The zero-order valence-electron chi connectivity index (χ0n) is 15.6. The van der Waals surface area contributed by atoms with Crippen molar-refractivity contribution < 1.29 is 9.59 Å². The van der Waals surface area contributed by atoms with Gasteiger partial charge in [-0.15, -0.1) is 0 Å². The molecule has 1 aliphatic heterocycles. The predicted octanol–water partition coefficient (Wildman–Crippen LogP) is 4.03. The molecular formula is C20H23Cl2N3O2. The van der Waals surface area contributed by atoms with Gasteiger partial charge in [0.05, 0.1) is 16.1 Å². The van der Waals surface area contributed by atoms with Crippen LogP contribution in [0.25, 0.3) is 0 Å². The van der Waals surface area contributed by atoms with Crippen molar-refractivity contribution >= 4 is 35.0 Å². The Morgan fingerprint density at radius 1 is 1.15 bits per heavy atom. The van der Waals surface area contributed by atoms with E-state index in [0.29, 0.717) is 23.1 Å². The van der Waals surface area contributed by atoms with Crippen LogP contribution in [0, 0.1) is 0 Å². The summed E-state index contributed by atoms with van der Waals surface area (Å²) in [6, 6.07) is 9.03. The molecule has 27 heavy (non-hydrogen) atoms. The summed E-state index contributed by atoms with van der Waals surface area (Å²) >= 11 is 12.3. The van der Waals surface area contributed by atoms with Crippen molar-refractivity contribution in [2.24, 2.45) is 0 Å². The van der Waals surface area contributed by atoms with Crippen LogP contribution in [0.5, 0.6) is 0 Å². The van der Waals surface area contributed by atoms with Gasteiger partial charge in [0.1, 0.15) is 6.42 Å². The number of aromatic nitrogens is 1. The summed E-state index contributed by atoms with van der Waals surface area (Å²) < 4.78 is 2.12. The number of amides is 2. The number of hydrogen-bond acceptors (Lipinski definition) is 2. The number of halogens is 2. The zero-order chi connectivity index (χ0) is 19.8. The maximum atomic E-state index is 13.0. The number of carbonyl (C=O) groups excluding carboxylic acids is 2. The van der Waals surface area contributed by atoms with Gasteiger partial charge in [0.25, 0.3) is 0 Å². The highest BCUT2D eigenvalue weighted by molar-refractivity contribution is 6.42. The molecule has 3 rings (SSSR count). The number of carbonyl (C=O) groups is 2. The number of fused-ring (bicyclic) bond motifs is 1. The van der Waals surface area contributed by atoms with Gasteiger partial charge < -0.3 is 14.8 Å². The molecule has 2 heterocycles. The van der Waals surface area contributed by atoms with Crippen molar-refractivity contribution in [1.82, 2.24) is 14.8 Å². The number of rotatable bonds is 3. The molecule has 1 aromatic heterocycles. The van der Waals surface area contributed by atoms with E-state index in [1.807, 2.05) is 45.2 Å². The molecular weight excluding hydrogens is 385 g/mol. The summed E-state index contributed by atoms with van der Waals surface area (Å²) in [5.41, 5.74) is 1.48. The van der Waals surface area contributed by atoms with E-state index in [0.717, 1.165) is 11.3 Å². The normalized spacial score (nSPS) is 16.8. The molecule has 2 aromatic rings. The Morgan fingerprint density at radius 2 is 1.89 bits per heavy atom. The van der Waals surface area contributed by atoms with Gasteiger partial charge in [0.15, 0.2) is 0 Å². The first-order chi connectivity index (χ1) is 12.7. The lowest BCUT2D eigenvalue weighted by atomic mass is 9.99.